The van der Waals surface area contributed by atoms with Crippen molar-refractivity contribution in [1.29, 1.82) is 0 Å². The van der Waals surface area contributed by atoms with Crippen LogP contribution in [0.15, 0.2) is 10.5 Å². The van der Waals surface area contributed by atoms with Crippen LogP contribution in [0.3, 0.4) is 0 Å². The summed E-state index contributed by atoms with van der Waals surface area (Å²) >= 11 is 3.40. The van der Waals surface area contributed by atoms with Gasteiger partial charge in [0.1, 0.15) is 11.5 Å². The molecule has 0 saturated carbocycles. The minimum atomic E-state index is -0.902. The second-order valence-corrected chi connectivity index (χ2v) is 4.49. The highest BCUT2D eigenvalue weighted by atomic mass is 79.9. The van der Waals surface area contributed by atoms with Crippen LogP contribution in [0.2, 0.25) is 0 Å². The highest BCUT2D eigenvalue weighted by Crippen LogP contribution is 2.41. The van der Waals surface area contributed by atoms with E-state index in [0.717, 1.165) is 10.0 Å². The average molecular weight is 303 g/mol. The number of carboxylic acid groups (broad SMARTS) is 1. The quantitative estimate of drug-likeness (QED) is 0.929. The van der Waals surface area contributed by atoms with E-state index in [9.17, 15) is 4.79 Å². The third-order valence-electron chi connectivity index (χ3n) is 2.71. The Hall–Kier alpha value is -1.23. The number of aliphatic carboxylic acids is 1. The highest BCUT2D eigenvalue weighted by molar-refractivity contribution is 9.10. The number of ether oxygens (including phenoxy) is 2. The normalized spacial score (nSPS) is 12.1. The Kier molecular flexibility index (Phi) is 4.40. The molecule has 1 aromatic carbocycles. The number of rotatable bonds is 4. The van der Waals surface area contributed by atoms with Crippen molar-refractivity contribution in [3.05, 3.63) is 21.7 Å². The summed E-state index contributed by atoms with van der Waals surface area (Å²) in [6, 6.07) is 1.71. The fraction of sp³-hybridized carbons (Fsp3) is 0.417. The molecule has 0 aliphatic heterocycles. The summed E-state index contributed by atoms with van der Waals surface area (Å²) in [5.41, 5.74) is 1.47. The third kappa shape index (κ3) is 2.54. The zero-order valence-corrected chi connectivity index (χ0v) is 11.8. The van der Waals surface area contributed by atoms with Crippen molar-refractivity contribution in [2.45, 2.75) is 19.8 Å². The first-order valence-corrected chi connectivity index (χ1v) is 5.87. The minimum absolute atomic E-state index is 0.540. The van der Waals surface area contributed by atoms with Gasteiger partial charge in [0.2, 0.25) is 0 Å². The lowest BCUT2D eigenvalue weighted by Gasteiger charge is -2.17. The summed E-state index contributed by atoms with van der Waals surface area (Å²) < 4.78 is 11.2. The number of halogens is 1. The molecular weight excluding hydrogens is 288 g/mol. The van der Waals surface area contributed by atoms with Crippen LogP contribution in [-0.2, 0) is 4.79 Å². The van der Waals surface area contributed by atoms with E-state index in [4.69, 9.17) is 14.6 Å². The molecule has 1 rings (SSSR count). The zero-order valence-electron chi connectivity index (χ0n) is 10.2. The Balaban J connectivity index is 3.47. The first-order valence-electron chi connectivity index (χ1n) is 5.07. The van der Waals surface area contributed by atoms with Gasteiger partial charge >= 0.3 is 5.97 Å². The van der Waals surface area contributed by atoms with Gasteiger partial charge in [-0.05, 0) is 35.8 Å². The lowest BCUT2D eigenvalue weighted by molar-refractivity contribution is -0.138. The summed E-state index contributed by atoms with van der Waals surface area (Å²) in [5, 5.41) is 9.07. The van der Waals surface area contributed by atoms with Gasteiger partial charge < -0.3 is 14.6 Å². The second-order valence-electron chi connectivity index (χ2n) is 3.70. The van der Waals surface area contributed by atoms with Crippen LogP contribution in [0.25, 0.3) is 0 Å². The maximum atomic E-state index is 11.1. The summed E-state index contributed by atoms with van der Waals surface area (Å²) in [4.78, 5) is 11.1. The van der Waals surface area contributed by atoms with Crippen molar-refractivity contribution in [2.24, 2.45) is 0 Å². The van der Waals surface area contributed by atoms with Gasteiger partial charge in [0.25, 0.3) is 0 Å². The fourth-order valence-corrected chi connectivity index (χ4v) is 2.18. The van der Waals surface area contributed by atoms with Gasteiger partial charge in [-0.25, -0.2) is 0 Å². The van der Waals surface area contributed by atoms with Crippen LogP contribution in [-0.4, -0.2) is 25.3 Å². The number of hydrogen-bond donors (Lipinski definition) is 1. The van der Waals surface area contributed by atoms with Crippen molar-refractivity contribution in [2.75, 3.05) is 14.2 Å². The van der Waals surface area contributed by atoms with Gasteiger partial charge in [-0.3, -0.25) is 4.79 Å². The van der Waals surface area contributed by atoms with E-state index in [0.29, 0.717) is 17.1 Å². The van der Waals surface area contributed by atoms with Gasteiger partial charge in [0.15, 0.2) is 0 Å². The first kappa shape index (κ1) is 13.8. The molecule has 1 atom stereocenters. The maximum Gasteiger partial charge on any atom is 0.310 e. The fourth-order valence-electron chi connectivity index (χ4n) is 1.59. The SMILES string of the molecule is COc1cc(C(C)C(=O)O)c(OC)c(Br)c1C. The molecule has 0 aliphatic carbocycles. The number of benzene rings is 1. The molecule has 94 valence electrons. The monoisotopic (exact) mass is 302 g/mol. The van der Waals surface area contributed by atoms with E-state index in [1.807, 2.05) is 6.92 Å². The summed E-state index contributed by atoms with van der Waals surface area (Å²) in [6.45, 7) is 3.49. The largest absolute Gasteiger partial charge is 0.496 e. The molecule has 5 heteroatoms. The second kappa shape index (κ2) is 5.40. The Labute approximate surface area is 109 Å². The molecular formula is C12H15BrO4. The number of methoxy groups -OCH3 is 2. The van der Waals surface area contributed by atoms with Crippen LogP contribution in [0.4, 0.5) is 0 Å². The van der Waals surface area contributed by atoms with E-state index in [1.165, 1.54) is 7.11 Å². The molecule has 0 aromatic heterocycles. The van der Waals surface area contributed by atoms with Crippen molar-refractivity contribution in [3.8, 4) is 11.5 Å². The van der Waals surface area contributed by atoms with Crippen LogP contribution < -0.4 is 9.47 Å². The Bertz CT molecular complexity index is 443. The molecule has 0 bridgehead atoms. The molecule has 1 N–H and O–H groups in total. The van der Waals surface area contributed by atoms with Crippen LogP contribution >= 0.6 is 15.9 Å². The number of hydrogen-bond acceptors (Lipinski definition) is 3. The van der Waals surface area contributed by atoms with Gasteiger partial charge in [0, 0.05) is 11.1 Å². The van der Waals surface area contributed by atoms with E-state index >= 15 is 0 Å². The molecule has 0 radical (unpaired) electrons. The summed E-state index contributed by atoms with van der Waals surface area (Å²) in [5.74, 6) is -0.379. The van der Waals surface area contributed by atoms with Gasteiger partial charge in [-0.2, -0.15) is 0 Å². The Morgan fingerprint density at radius 2 is 2.00 bits per heavy atom. The van der Waals surface area contributed by atoms with Gasteiger partial charge in [-0.15, -0.1) is 0 Å². The number of carboxylic acids is 1. The molecule has 0 aliphatic rings. The van der Waals surface area contributed by atoms with Gasteiger partial charge in [-0.1, -0.05) is 0 Å². The van der Waals surface area contributed by atoms with E-state index in [1.54, 1.807) is 20.1 Å². The summed E-state index contributed by atoms with van der Waals surface area (Å²) in [7, 11) is 3.07. The molecule has 1 aromatic rings. The Morgan fingerprint density at radius 1 is 1.41 bits per heavy atom. The van der Waals surface area contributed by atoms with E-state index in [2.05, 4.69) is 15.9 Å². The Morgan fingerprint density at radius 3 is 2.41 bits per heavy atom. The van der Waals surface area contributed by atoms with Crippen molar-refractivity contribution >= 4 is 21.9 Å². The van der Waals surface area contributed by atoms with Crippen LogP contribution in [0.5, 0.6) is 11.5 Å². The molecule has 0 spiro atoms. The zero-order chi connectivity index (χ0) is 13.2. The molecule has 17 heavy (non-hydrogen) atoms. The molecule has 0 fully saturated rings. The smallest absolute Gasteiger partial charge is 0.310 e. The first-order chi connectivity index (χ1) is 7.93. The van der Waals surface area contributed by atoms with Crippen LogP contribution in [0.1, 0.15) is 24.0 Å². The average Bonchev–Trinajstić information content (AvgIpc) is 2.31. The molecule has 0 heterocycles. The molecule has 4 nitrogen and oxygen atoms in total. The molecule has 0 amide bonds. The topological polar surface area (TPSA) is 55.8 Å². The predicted octanol–water partition coefficient (Wildman–Crippen LogP) is 2.96. The van der Waals surface area contributed by atoms with Crippen LogP contribution in [0, 0.1) is 6.92 Å². The van der Waals surface area contributed by atoms with Crippen molar-refractivity contribution in [1.82, 2.24) is 0 Å². The lowest BCUT2D eigenvalue weighted by Crippen LogP contribution is -2.10. The predicted molar refractivity (Wildman–Crippen MR) is 68.0 cm³/mol. The van der Waals surface area contributed by atoms with Crippen molar-refractivity contribution in [3.63, 3.8) is 0 Å². The van der Waals surface area contributed by atoms with E-state index in [-0.39, 0.29) is 0 Å². The maximum absolute atomic E-state index is 11.1. The van der Waals surface area contributed by atoms with Crippen molar-refractivity contribution < 1.29 is 19.4 Å². The lowest BCUT2D eigenvalue weighted by atomic mass is 9.98. The standard InChI is InChI=1S/C12H15BrO4/c1-6(12(14)15)8-5-9(16-3)7(2)10(13)11(8)17-4/h5-6H,1-4H3,(H,14,15). The molecule has 0 saturated heterocycles. The third-order valence-corrected chi connectivity index (χ3v) is 3.66. The van der Waals surface area contributed by atoms with E-state index < -0.39 is 11.9 Å². The summed E-state index contributed by atoms with van der Waals surface area (Å²) in [6.07, 6.45) is 0. The number of carbonyl (C=O) groups is 1. The molecule has 1 unspecified atom stereocenters. The minimum Gasteiger partial charge on any atom is -0.496 e. The highest BCUT2D eigenvalue weighted by Gasteiger charge is 2.23. The van der Waals surface area contributed by atoms with Gasteiger partial charge in [0.05, 0.1) is 24.6 Å².